The van der Waals surface area contributed by atoms with E-state index in [-0.39, 0.29) is 9.90 Å². The van der Waals surface area contributed by atoms with Crippen LogP contribution in [-0.4, -0.2) is 15.5 Å². The molecule has 0 aliphatic heterocycles. The minimum atomic E-state index is -3.85. The lowest BCUT2D eigenvalue weighted by Gasteiger charge is -2.11. The molecule has 0 saturated heterocycles. The molecule has 1 aromatic carbocycles. The Kier molecular flexibility index (Phi) is 3.98. The molecule has 0 unspecified atom stereocenters. The number of ether oxygens (including phenoxy) is 1. The van der Waals surface area contributed by atoms with Gasteiger partial charge in [-0.15, -0.1) is 0 Å². The SMILES string of the molecule is COc1ccc(Cl)cc1NS(=O)(=O)c1ccc(F)s1. The van der Waals surface area contributed by atoms with Gasteiger partial charge in [0.2, 0.25) is 0 Å². The van der Waals surface area contributed by atoms with Crippen LogP contribution in [-0.2, 0) is 10.0 Å². The third-order valence-electron chi connectivity index (χ3n) is 2.22. The number of nitrogens with one attached hydrogen (secondary N) is 1. The molecule has 8 heteroatoms. The Morgan fingerprint density at radius 3 is 2.63 bits per heavy atom. The largest absolute Gasteiger partial charge is 0.495 e. The number of halogens is 2. The maximum Gasteiger partial charge on any atom is 0.271 e. The molecule has 19 heavy (non-hydrogen) atoms. The van der Waals surface area contributed by atoms with E-state index in [4.69, 9.17) is 16.3 Å². The molecule has 1 aromatic heterocycles. The normalized spacial score (nSPS) is 11.3. The molecule has 1 heterocycles. The lowest BCUT2D eigenvalue weighted by Crippen LogP contribution is -2.12. The number of anilines is 1. The van der Waals surface area contributed by atoms with Gasteiger partial charge in [0.1, 0.15) is 9.96 Å². The van der Waals surface area contributed by atoms with Gasteiger partial charge in [-0.2, -0.15) is 4.39 Å². The van der Waals surface area contributed by atoms with E-state index in [1.54, 1.807) is 6.07 Å². The van der Waals surface area contributed by atoms with Crippen LogP contribution in [0.5, 0.6) is 5.75 Å². The van der Waals surface area contributed by atoms with Gasteiger partial charge in [0.05, 0.1) is 12.8 Å². The van der Waals surface area contributed by atoms with Gasteiger partial charge >= 0.3 is 0 Å². The number of sulfonamides is 1. The van der Waals surface area contributed by atoms with E-state index in [0.717, 1.165) is 6.07 Å². The first-order chi connectivity index (χ1) is 8.92. The predicted octanol–water partition coefficient (Wildman–Crippen LogP) is 3.35. The Labute approximate surface area is 118 Å². The Morgan fingerprint density at radius 1 is 1.32 bits per heavy atom. The molecule has 0 spiro atoms. The van der Waals surface area contributed by atoms with Crippen molar-refractivity contribution >= 4 is 38.6 Å². The smallest absolute Gasteiger partial charge is 0.271 e. The first-order valence-electron chi connectivity index (χ1n) is 5.04. The van der Waals surface area contributed by atoms with E-state index in [2.05, 4.69) is 4.72 Å². The van der Waals surface area contributed by atoms with Crippen LogP contribution in [0, 0.1) is 5.13 Å². The minimum Gasteiger partial charge on any atom is -0.495 e. The zero-order chi connectivity index (χ0) is 14.0. The Morgan fingerprint density at radius 2 is 2.05 bits per heavy atom. The molecule has 0 atom stereocenters. The van der Waals surface area contributed by atoms with Crippen molar-refractivity contribution < 1.29 is 17.5 Å². The minimum absolute atomic E-state index is 0.118. The van der Waals surface area contributed by atoms with Crippen LogP contribution in [0.3, 0.4) is 0 Å². The second-order valence-corrected chi connectivity index (χ2v) is 6.89. The summed E-state index contributed by atoms with van der Waals surface area (Å²) in [7, 11) is -2.44. The Balaban J connectivity index is 2.38. The highest BCUT2D eigenvalue weighted by Crippen LogP contribution is 2.31. The van der Waals surface area contributed by atoms with Gasteiger partial charge < -0.3 is 4.74 Å². The standard InChI is InChI=1S/C11H9ClFNO3S2/c1-17-9-3-2-7(12)6-8(9)14-19(15,16)11-5-4-10(13)18-11/h2-6,14H,1H3. The lowest BCUT2D eigenvalue weighted by molar-refractivity contribution is 0.417. The van der Waals surface area contributed by atoms with Crippen LogP contribution in [0.2, 0.25) is 5.02 Å². The zero-order valence-corrected chi connectivity index (χ0v) is 12.1. The molecule has 4 nitrogen and oxygen atoms in total. The van der Waals surface area contributed by atoms with Crippen LogP contribution in [0.4, 0.5) is 10.1 Å². The van der Waals surface area contributed by atoms with E-state index in [0.29, 0.717) is 22.1 Å². The van der Waals surface area contributed by atoms with Crippen molar-refractivity contribution in [2.24, 2.45) is 0 Å². The van der Waals surface area contributed by atoms with E-state index >= 15 is 0 Å². The Bertz CT molecular complexity index is 700. The molecule has 0 aliphatic rings. The summed E-state index contributed by atoms with van der Waals surface area (Å²) in [5, 5.41) is -0.214. The van der Waals surface area contributed by atoms with Crippen molar-refractivity contribution in [3.63, 3.8) is 0 Å². The monoisotopic (exact) mass is 321 g/mol. The van der Waals surface area contributed by atoms with Crippen LogP contribution < -0.4 is 9.46 Å². The molecular weight excluding hydrogens is 313 g/mol. The lowest BCUT2D eigenvalue weighted by atomic mass is 10.3. The molecule has 0 saturated carbocycles. The summed E-state index contributed by atoms with van der Waals surface area (Å²) in [5.41, 5.74) is 0.198. The van der Waals surface area contributed by atoms with Gasteiger partial charge in [0, 0.05) is 5.02 Å². The van der Waals surface area contributed by atoms with Crippen molar-refractivity contribution in [2.45, 2.75) is 4.21 Å². The maximum atomic E-state index is 12.9. The summed E-state index contributed by atoms with van der Waals surface area (Å²) in [6, 6.07) is 6.81. The fourth-order valence-corrected chi connectivity index (χ4v) is 3.63. The van der Waals surface area contributed by atoms with Gasteiger partial charge in [-0.05, 0) is 30.3 Å². The fraction of sp³-hybridized carbons (Fsp3) is 0.0909. The first kappa shape index (κ1) is 14.1. The van der Waals surface area contributed by atoms with Crippen LogP contribution in [0.25, 0.3) is 0 Å². The summed E-state index contributed by atoms with van der Waals surface area (Å²) < 4.78 is 44.2. The van der Waals surface area contributed by atoms with E-state index in [1.165, 1.54) is 25.3 Å². The van der Waals surface area contributed by atoms with Crippen LogP contribution in [0.15, 0.2) is 34.5 Å². The second kappa shape index (κ2) is 5.36. The first-order valence-corrected chi connectivity index (χ1v) is 7.72. The summed E-state index contributed by atoms with van der Waals surface area (Å²) in [6.07, 6.45) is 0. The van der Waals surface area contributed by atoms with Crippen molar-refractivity contribution in [1.82, 2.24) is 0 Å². The summed E-state index contributed by atoms with van der Waals surface area (Å²) in [6.45, 7) is 0. The number of benzene rings is 1. The third kappa shape index (κ3) is 3.17. The number of rotatable bonds is 4. The van der Waals surface area contributed by atoms with Crippen molar-refractivity contribution in [1.29, 1.82) is 0 Å². The van der Waals surface area contributed by atoms with Crippen molar-refractivity contribution in [3.8, 4) is 5.75 Å². The van der Waals surface area contributed by atoms with Gasteiger partial charge in [-0.1, -0.05) is 22.9 Å². The highest BCUT2D eigenvalue weighted by molar-refractivity contribution is 7.94. The topological polar surface area (TPSA) is 55.4 Å². The van der Waals surface area contributed by atoms with Crippen LogP contribution in [0.1, 0.15) is 0 Å². The quantitative estimate of drug-likeness (QED) is 0.939. The highest BCUT2D eigenvalue weighted by atomic mass is 35.5. The molecule has 102 valence electrons. The van der Waals surface area contributed by atoms with E-state index < -0.39 is 15.2 Å². The molecule has 2 rings (SSSR count). The average Bonchev–Trinajstić information content (AvgIpc) is 2.76. The third-order valence-corrected chi connectivity index (χ3v) is 5.19. The van der Waals surface area contributed by atoms with Crippen molar-refractivity contribution in [2.75, 3.05) is 11.8 Å². The van der Waals surface area contributed by atoms with Gasteiger partial charge in [0.15, 0.2) is 5.13 Å². The van der Waals surface area contributed by atoms with Crippen LogP contribution >= 0.6 is 22.9 Å². The van der Waals surface area contributed by atoms with Gasteiger partial charge in [-0.25, -0.2) is 8.42 Å². The van der Waals surface area contributed by atoms with E-state index in [1.807, 2.05) is 0 Å². The van der Waals surface area contributed by atoms with E-state index in [9.17, 15) is 12.8 Å². The number of methoxy groups -OCH3 is 1. The second-order valence-electron chi connectivity index (χ2n) is 3.51. The summed E-state index contributed by atoms with van der Waals surface area (Å²) >= 11 is 6.35. The molecular formula is C11H9ClFNO3S2. The summed E-state index contributed by atoms with van der Waals surface area (Å²) in [5.74, 6) is 0.324. The molecule has 0 bridgehead atoms. The maximum absolute atomic E-state index is 12.9. The molecule has 2 aromatic rings. The molecule has 1 N–H and O–H groups in total. The van der Waals surface area contributed by atoms with Gasteiger partial charge in [-0.3, -0.25) is 4.72 Å². The summed E-state index contributed by atoms with van der Waals surface area (Å²) in [4.78, 5) is 0. The number of thiophene rings is 1. The zero-order valence-electron chi connectivity index (χ0n) is 9.68. The molecule has 0 amide bonds. The fourth-order valence-electron chi connectivity index (χ4n) is 1.40. The molecule has 0 fully saturated rings. The Hall–Kier alpha value is -1.31. The number of hydrogen-bond acceptors (Lipinski definition) is 4. The molecule has 0 aliphatic carbocycles. The number of hydrogen-bond donors (Lipinski definition) is 1. The van der Waals surface area contributed by atoms with Crippen molar-refractivity contribution in [3.05, 3.63) is 40.5 Å². The highest BCUT2D eigenvalue weighted by Gasteiger charge is 2.19. The predicted molar refractivity (Wildman–Crippen MR) is 73.1 cm³/mol. The average molecular weight is 322 g/mol. The van der Waals surface area contributed by atoms with Gasteiger partial charge in [0.25, 0.3) is 10.0 Å². The molecule has 0 radical (unpaired) electrons.